The van der Waals surface area contributed by atoms with Crippen LogP contribution in [0.2, 0.25) is 0 Å². The third kappa shape index (κ3) is 2.41. The number of hydrogen-bond donors (Lipinski definition) is 0. The van der Waals surface area contributed by atoms with Gasteiger partial charge >= 0.3 is 0 Å². The average Bonchev–Trinajstić information content (AvgIpc) is 2.47. The van der Waals surface area contributed by atoms with Crippen LogP contribution in [-0.2, 0) is 0 Å². The van der Waals surface area contributed by atoms with Gasteiger partial charge in [0.25, 0.3) is 0 Å². The first kappa shape index (κ1) is 13.1. The predicted octanol–water partition coefficient (Wildman–Crippen LogP) is 4.73. The van der Waals surface area contributed by atoms with Gasteiger partial charge in [0.05, 0.1) is 5.52 Å². The van der Waals surface area contributed by atoms with Crippen LogP contribution in [-0.4, -0.2) is 19.1 Å². The van der Waals surface area contributed by atoms with Crippen LogP contribution in [0, 0.1) is 0 Å². The van der Waals surface area contributed by atoms with E-state index < -0.39 is 0 Å². The zero-order valence-corrected chi connectivity index (χ0v) is 13.1. The first-order chi connectivity index (χ1) is 9.65. The zero-order valence-electron chi connectivity index (χ0n) is 11.5. The zero-order chi connectivity index (χ0) is 14.1. The smallest absolute Gasteiger partial charge is 0.0713 e. The molecule has 0 N–H and O–H groups in total. The van der Waals surface area contributed by atoms with Crippen molar-refractivity contribution in [2.75, 3.05) is 19.0 Å². The normalized spacial score (nSPS) is 10.8. The molecule has 3 rings (SSSR count). The third-order valence-electron chi connectivity index (χ3n) is 3.41. The molecule has 0 bridgehead atoms. The fourth-order valence-electron chi connectivity index (χ4n) is 2.24. The summed E-state index contributed by atoms with van der Waals surface area (Å²) in [6.07, 6.45) is 1.82. The predicted molar refractivity (Wildman–Crippen MR) is 89.2 cm³/mol. The first-order valence-corrected chi connectivity index (χ1v) is 7.26. The molecule has 0 unspecified atom stereocenters. The molecular formula is C17H15BrN2. The Morgan fingerprint density at radius 2 is 1.60 bits per heavy atom. The maximum atomic E-state index is 4.38. The van der Waals surface area contributed by atoms with Crippen molar-refractivity contribution in [2.24, 2.45) is 0 Å². The van der Waals surface area contributed by atoms with Crippen molar-refractivity contribution in [3.8, 4) is 11.1 Å². The minimum absolute atomic E-state index is 1.01. The molecule has 0 aliphatic rings. The van der Waals surface area contributed by atoms with Crippen LogP contribution < -0.4 is 4.90 Å². The topological polar surface area (TPSA) is 16.1 Å². The highest BCUT2D eigenvalue weighted by Gasteiger charge is 2.04. The summed E-state index contributed by atoms with van der Waals surface area (Å²) in [4.78, 5) is 6.48. The molecule has 2 aromatic carbocycles. The molecule has 3 aromatic rings. The summed E-state index contributed by atoms with van der Waals surface area (Å²) in [6, 6.07) is 16.9. The van der Waals surface area contributed by atoms with Crippen LogP contribution in [0.15, 0.2) is 59.2 Å². The summed E-state index contributed by atoms with van der Waals surface area (Å²) >= 11 is 3.59. The summed E-state index contributed by atoms with van der Waals surface area (Å²) in [5.41, 5.74) is 4.63. The van der Waals surface area contributed by atoms with Gasteiger partial charge in [-0.25, -0.2) is 0 Å². The third-order valence-corrected chi connectivity index (χ3v) is 4.10. The van der Waals surface area contributed by atoms with Gasteiger partial charge in [-0.3, -0.25) is 4.98 Å². The van der Waals surface area contributed by atoms with Gasteiger partial charge in [-0.1, -0.05) is 34.1 Å². The number of nitrogens with zero attached hydrogens (tertiary/aromatic N) is 2. The summed E-state index contributed by atoms with van der Waals surface area (Å²) in [7, 11) is 4.10. The van der Waals surface area contributed by atoms with Crippen molar-refractivity contribution in [2.45, 2.75) is 0 Å². The molecule has 0 aliphatic carbocycles. The standard InChI is InChI=1S/C17H15BrN2/c1-20(2)14-6-3-12(4-7-14)13-5-8-17-15(11-13)16(18)9-10-19-17/h3-11H,1-2H3. The molecule has 0 aliphatic heterocycles. The van der Waals surface area contributed by atoms with Gasteiger partial charge in [0.15, 0.2) is 0 Å². The molecule has 1 heterocycles. The SMILES string of the molecule is CN(C)c1ccc(-c2ccc3nccc(Br)c3c2)cc1. The first-order valence-electron chi connectivity index (χ1n) is 6.47. The van der Waals surface area contributed by atoms with Gasteiger partial charge in [-0.05, 0) is 41.5 Å². The van der Waals surface area contributed by atoms with E-state index in [2.05, 4.69) is 68.3 Å². The van der Waals surface area contributed by atoms with Crippen LogP contribution in [0.4, 0.5) is 5.69 Å². The van der Waals surface area contributed by atoms with Gasteiger partial charge in [-0.2, -0.15) is 0 Å². The Balaban J connectivity index is 2.07. The highest BCUT2D eigenvalue weighted by molar-refractivity contribution is 9.10. The summed E-state index contributed by atoms with van der Waals surface area (Å²) < 4.78 is 1.08. The molecule has 1 aromatic heterocycles. The van der Waals surface area contributed by atoms with Crippen LogP contribution in [0.1, 0.15) is 0 Å². The molecule has 0 saturated heterocycles. The van der Waals surface area contributed by atoms with Crippen molar-refractivity contribution in [3.63, 3.8) is 0 Å². The Bertz CT molecular complexity index is 749. The van der Waals surface area contributed by atoms with Gasteiger partial charge in [0.2, 0.25) is 0 Å². The van der Waals surface area contributed by atoms with E-state index in [1.54, 1.807) is 0 Å². The summed E-state index contributed by atoms with van der Waals surface area (Å²) in [6.45, 7) is 0. The van der Waals surface area contributed by atoms with Gasteiger partial charge in [0, 0.05) is 35.8 Å². The fraction of sp³-hybridized carbons (Fsp3) is 0.118. The van der Waals surface area contributed by atoms with Crippen molar-refractivity contribution >= 4 is 32.5 Å². The summed E-state index contributed by atoms with van der Waals surface area (Å²) in [5, 5.41) is 1.14. The number of hydrogen-bond acceptors (Lipinski definition) is 2. The molecule has 0 radical (unpaired) electrons. The second-order valence-corrected chi connectivity index (χ2v) is 5.82. The Morgan fingerprint density at radius 3 is 2.30 bits per heavy atom. The van der Waals surface area contributed by atoms with E-state index in [1.165, 1.54) is 16.8 Å². The van der Waals surface area contributed by atoms with E-state index in [9.17, 15) is 0 Å². The quantitative estimate of drug-likeness (QED) is 0.676. The Morgan fingerprint density at radius 1 is 0.900 bits per heavy atom. The summed E-state index contributed by atoms with van der Waals surface area (Å²) in [5.74, 6) is 0. The molecule has 2 nitrogen and oxygen atoms in total. The maximum Gasteiger partial charge on any atom is 0.0713 e. The van der Waals surface area contributed by atoms with E-state index in [0.717, 1.165) is 15.4 Å². The molecule has 0 saturated carbocycles. The number of benzene rings is 2. The van der Waals surface area contributed by atoms with Gasteiger partial charge in [-0.15, -0.1) is 0 Å². The minimum Gasteiger partial charge on any atom is -0.378 e. The lowest BCUT2D eigenvalue weighted by Crippen LogP contribution is -2.07. The Hall–Kier alpha value is -1.87. The van der Waals surface area contributed by atoms with Crippen molar-refractivity contribution in [1.29, 1.82) is 0 Å². The highest BCUT2D eigenvalue weighted by atomic mass is 79.9. The number of rotatable bonds is 2. The molecule has 100 valence electrons. The van der Waals surface area contributed by atoms with Crippen molar-refractivity contribution < 1.29 is 0 Å². The second-order valence-electron chi connectivity index (χ2n) is 4.97. The van der Waals surface area contributed by atoms with Crippen LogP contribution >= 0.6 is 15.9 Å². The van der Waals surface area contributed by atoms with E-state index in [4.69, 9.17) is 0 Å². The van der Waals surface area contributed by atoms with Crippen molar-refractivity contribution in [1.82, 2.24) is 4.98 Å². The molecule has 0 amide bonds. The highest BCUT2D eigenvalue weighted by Crippen LogP contribution is 2.28. The van der Waals surface area contributed by atoms with Crippen LogP contribution in [0.3, 0.4) is 0 Å². The second kappa shape index (κ2) is 5.25. The molecule has 20 heavy (non-hydrogen) atoms. The van der Waals surface area contributed by atoms with E-state index in [0.29, 0.717) is 0 Å². The monoisotopic (exact) mass is 326 g/mol. The van der Waals surface area contributed by atoms with Crippen LogP contribution in [0.25, 0.3) is 22.0 Å². The van der Waals surface area contributed by atoms with Crippen LogP contribution in [0.5, 0.6) is 0 Å². The molecular weight excluding hydrogens is 312 g/mol. The Labute approximate surface area is 127 Å². The fourth-order valence-corrected chi connectivity index (χ4v) is 2.68. The molecule has 0 atom stereocenters. The average molecular weight is 327 g/mol. The molecule has 0 spiro atoms. The van der Waals surface area contributed by atoms with Gasteiger partial charge in [0.1, 0.15) is 0 Å². The van der Waals surface area contributed by atoms with E-state index in [1.807, 2.05) is 26.4 Å². The molecule has 3 heteroatoms. The lowest BCUT2D eigenvalue weighted by Gasteiger charge is -2.13. The molecule has 0 fully saturated rings. The van der Waals surface area contributed by atoms with Crippen molar-refractivity contribution in [3.05, 3.63) is 59.2 Å². The number of aromatic nitrogens is 1. The Kier molecular flexibility index (Phi) is 3.45. The number of pyridine rings is 1. The van der Waals surface area contributed by atoms with Gasteiger partial charge < -0.3 is 4.90 Å². The number of anilines is 1. The minimum atomic E-state index is 1.01. The number of fused-ring (bicyclic) bond motifs is 1. The lowest BCUT2D eigenvalue weighted by atomic mass is 10.0. The largest absolute Gasteiger partial charge is 0.378 e. The van der Waals surface area contributed by atoms with E-state index >= 15 is 0 Å². The lowest BCUT2D eigenvalue weighted by molar-refractivity contribution is 1.13. The van der Waals surface area contributed by atoms with E-state index in [-0.39, 0.29) is 0 Å². The maximum absolute atomic E-state index is 4.38. The number of halogens is 1.